The molecule has 3 N–H and O–H groups in total. The van der Waals surface area contributed by atoms with Crippen LogP contribution in [0.1, 0.15) is 5.56 Å². The summed E-state index contributed by atoms with van der Waals surface area (Å²) in [5.41, 5.74) is 6.83. The summed E-state index contributed by atoms with van der Waals surface area (Å²) in [4.78, 5) is 8.75. The van der Waals surface area contributed by atoms with Crippen LogP contribution >= 0.6 is 12.2 Å². The van der Waals surface area contributed by atoms with Crippen molar-refractivity contribution < 1.29 is 0 Å². The van der Waals surface area contributed by atoms with Crippen LogP contribution in [0, 0.1) is 0 Å². The quantitative estimate of drug-likeness (QED) is 0.816. The van der Waals surface area contributed by atoms with Crippen LogP contribution in [0.5, 0.6) is 0 Å². The molecule has 2 aromatic rings. The molecule has 1 atom stereocenters. The zero-order valence-electron chi connectivity index (χ0n) is 10.1. The molecule has 1 aliphatic heterocycles. The molecule has 5 heteroatoms. The van der Waals surface area contributed by atoms with Gasteiger partial charge in [-0.2, -0.15) is 0 Å². The maximum absolute atomic E-state index is 5.61. The fourth-order valence-corrected chi connectivity index (χ4v) is 2.36. The number of aromatic nitrogens is 1. The number of fused-ring (bicyclic) bond motifs is 1. The predicted molar refractivity (Wildman–Crippen MR) is 81.0 cm³/mol. The fourth-order valence-electron chi connectivity index (χ4n) is 2.20. The average molecular weight is 268 g/mol. The normalized spacial score (nSPS) is 20.8. The smallest absolute Gasteiger partial charge is 0.176 e. The summed E-state index contributed by atoms with van der Waals surface area (Å²) < 4.78 is 0. The third-order valence-corrected chi connectivity index (χ3v) is 3.16. The van der Waals surface area contributed by atoms with Crippen molar-refractivity contribution in [2.24, 2.45) is 10.7 Å². The van der Waals surface area contributed by atoms with Crippen molar-refractivity contribution in [1.29, 1.82) is 0 Å². The lowest BCUT2D eigenvalue weighted by molar-refractivity contribution is 0.537. The lowest BCUT2D eigenvalue weighted by Crippen LogP contribution is -2.44. The minimum atomic E-state index is -0.699. The number of allylic oxidation sites excluding steroid dienone is 1. The number of nitrogens with two attached hydrogens (primary N) is 1. The average Bonchev–Trinajstić information content (AvgIpc) is 2.87. The Balaban J connectivity index is 2.13. The Morgan fingerprint density at radius 3 is 2.95 bits per heavy atom. The number of rotatable bonds is 2. The molecular formula is C14H12N4S. The minimum Gasteiger partial charge on any atom is -0.376 e. The van der Waals surface area contributed by atoms with Crippen molar-refractivity contribution in [3.05, 3.63) is 54.2 Å². The molecule has 1 aromatic carbocycles. The van der Waals surface area contributed by atoms with E-state index in [-0.39, 0.29) is 5.11 Å². The van der Waals surface area contributed by atoms with E-state index in [1.807, 2.05) is 42.5 Å². The molecule has 0 saturated carbocycles. The number of hydrogen-bond acceptors (Lipinski definition) is 3. The van der Waals surface area contributed by atoms with Crippen molar-refractivity contribution >= 4 is 34.4 Å². The summed E-state index contributed by atoms with van der Waals surface area (Å²) in [5.74, 6) is 0. The van der Waals surface area contributed by atoms with Crippen molar-refractivity contribution in [3.8, 4) is 0 Å². The van der Waals surface area contributed by atoms with Gasteiger partial charge < -0.3 is 11.1 Å². The Morgan fingerprint density at radius 2 is 2.21 bits per heavy atom. The zero-order chi connectivity index (χ0) is 13.3. The molecule has 3 rings (SSSR count). The van der Waals surface area contributed by atoms with E-state index in [1.165, 1.54) is 0 Å². The van der Waals surface area contributed by atoms with Gasteiger partial charge in [0.05, 0.1) is 5.52 Å². The third-order valence-electron chi connectivity index (χ3n) is 3.06. The first-order chi connectivity index (χ1) is 9.20. The maximum atomic E-state index is 5.61. The van der Waals surface area contributed by atoms with E-state index >= 15 is 0 Å². The molecule has 94 valence electrons. The van der Waals surface area contributed by atoms with Crippen LogP contribution in [-0.2, 0) is 5.66 Å². The lowest BCUT2D eigenvalue weighted by Gasteiger charge is -2.26. The molecule has 1 aromatic heterocycles. The number of thiocarbonyl (C=S) groups is 1. The van der Waals surface area contributed by atoms with Crippen molar-refractivity contribution in [3.63, 3.8) is 0 Å². The Labute approximate surface area is 116 Å². The highest BCUT2D eigenvalue weighted by molar-refractivity contribution is 7.80. The maximum Gasteiger partial charge on any atom is 0.176 e. The largest absolute Gasteiger partial charge is 0.376 e. The van der Waals surface area contributed by atoms with Gasteiger partial charge in [0.1, 0.15) is 0 Å². The summed E-state index contributed by atoms with van der Waals surface area (Å²) >= 11 is 4.95. The van der Waals surface area contributed by atoms with E-state index in [1.54, 1.807) is 12.4 Å². The molecule has 0 bridgehead atoms. The zero-order valence-corrected chi connectivity index (χ0v) is 10.9. The molecular weight excluding hydrogens is 256 g/mol. The summed E-state index contributed by atoms with van der Waals surface area (Å²) in [6.45, 7) is 0. The monoisotopic (exact) mass is 268 g/mol. The van der Waals surface area contributed by atoms with Crippen molar-refractivity contribution in [2.45, 2.75) is 5.66 Å². The van der Waals surface area contributed by atoms with Gasteiger partial charge in [-0.1, -0.05) is 12.1 Å². The molecule has 0 saturated heterocycles. The second-order valence-electron chi connectivity index (χ2n) is 4.30. The van der Waals surface area contributed by atoms with Gasteiger partial charge >= 0.3 is 0 Å². The third kappa shape index (κ3) is 2.08. The standard InChI is InChI=1S/C14H12N4S/c15-13(19)18-14(6-2-8-17-14)11-4-5-12-10(9-11)3-1-7-16-12/h1-9H,(H3,15,18,19). The molecule has 0 fully saturated rings. The summed E-state index contributed by atoms with van der Waals surface area (Å²) in [5, 5.41) is 4.31. The first-order valence-electron chi connectivity index (χ1n) is 5.86. The Bertz CT molecular complexity index is 693. The second kappa shape index (κ2) is 4.44. The van der Waals surface area contributed by atoms with Crippen LogP contribution in [0.3, 0.4) is 0 Å². The second-order valence-corrected chi connectivity index (χ2v) is 4.74. The molecule has 0 amide bonds. The van der Waals surface area contributed by atoms with Crippen LogP contribution in [0.2, 0.25) is 0 Å². The number of nitrogens with zero attached hydrogens (tertiary/aromatic N) is 2. The molecule has 0 spiro atoms. The first kappa shape index (κ1) is 11.8. The predicted octanol–water partition coefficient (Wildman–Crippen LogP) is 1.86. The van der Waals surface area contributed by atoms with E-state index in [0.717, 1.165) is 16.5 Å². The van der Waals surface area contributed by atoms with Gasteiger partial charge in [0.15, 0.2) is 10.8 Å². The number of nitrogens with one attached hydrogen (secondary N) is 1. The minimum absolute atomic E-state index is 0.218. The van der Waals surface area contributed by atoms with E-state index in [0.29, 0.717) is 0 Å². The van der Waals surface area contributed by atoms with Gasteiger partial charge in [-0.25, -0.2) is 0 Å². The van der Waals surface area contributed by atoms with Gasteiger partial charge in [-0.05, 0) is 42.6 Å². The van der Waals surface area contributed by atoms with E-state index in [2.05, 4.69) is 15.3 Å². The van der Waals surface area contributed by atoms with Crippen LogP contribution in [0.25, 0.3) is 10.9 Å². The van der Waals surface area contributed by atoms with Crippen LogP contribution < -0.4 is 11.1 Å². The number of hydrogen-bond donors (Lipinski definition) is 2. The van der Waals surface area contributed by atoms with E-state index < -0.39 is 5.66 Å². The highest BCUT2D eigenvalue weighted by atomic mass is 32.1. The SMILES string of the molecule is NC(=S)NC1(c2ccc3ncccc3c2)C=CC=N1. The number of benzene rings is 1. The number of aliphatic imine (C=N–C) groups is 1. The molecule has 1 aliphatic rings. The molecule has 0 radical (unpaired) electrons. The Morgan fingerprint density at radius 1 is 1.32 bits per heavy atom. The molecule has 2 heterocycles. The Hall–Kier alpha value is -2.27. The topological polar surface area (TPSA) is 63.3 Å². The van der Waals surface area contributed by atoms with Gasteiger partial charge in [0.2, 0.25) is 0 Å². The molecule has 0 aliphatic carbocycles. The lowest BCUT2D eigenvalue weighted by atomic mass is 9.98. The highest BCUT2D eigenvalue weighted by Crippen LogP contribution is 2.29. The number of pyridine rings is 1. The van der Waals surface area contributed by atoms with E-state index in [9.17, 15) is 0 Å². The van der Waals surface area contributed by atoms with Crippen molar-refractivity contribution in [2.75, 3.05) is 0 Å². The Kier molecular flexibility index (Phi) is 2.76. The molecule has 19 heavy (non-hydrogen) atoms. The van der Waals surface area contributed by atoms with Gasteiger partial charge in [0, 0.05) is 23.4 Å². The van der Waals surface area contributed by atoms with Crippen LogP contribution in [0.4, 0.5) is 0 Å². The highest BCUT2D eigenvalue weighted by Gasteiger charge is 2.30. The summed E-state index contributed by atoms with van der Waals surface area (Å²) in [6.07, 6.45) is 7.32. The van der Waals surface area contributed by atoms with Crippen molar-refractivity contribution in [1.82, 2.24) is 10.3 Å². The summed E-state index contributed by atoms with van der Waals surface area (Å²) in [7, 11) is 0. The molecule has 4 nitrogen and oxygen atoms in total. The first-order valence-corrected chi connectivity index (χ1v) is 6.26. The molecule has 1 unspecified atom stereocenters. The van der Waals surface area contributed by atoms with Gasteiger partial charge in [0.25, 0.3) is 0 Å². The summed E-state index contributed by atoms with van der Waals surface area (Å²) in [6, 6.07) is 9.92. The van der Waals surface area contributed by atoms with Crippen LogP contribution in [0.15, 0.2) is 53.7 Å². The van der Waals surface area contributed by atoms with Crippen LogP contribution in [-0.4, -0.2) is 16.3 Å². The van der Waals surface area contributed by atoms with Gasteiger partial charge in [-0.15, -0.1) is 0 Å². The van der Waals surface area contributed by atoms with Gasteiger partial charge in [-0.3, -0.25) is 9.98 Å². The van der Waals surface area contributed by atoms with E-state index in [4.69, 9.17) is 18.0 Å². The fraction of sp³-hybridized carbons (Fsp3) is 0.0714.